The predicted molar refractivity (Wildman–Crippen MR) is 107 cm³/mol. The lowest BCUT2D eigenvalue weighted by Gasteiger charge is -2.32. The Bertz CT molecular complexity index is 553. The predicted octanol–water partition coefficient (Wildman–Crippen LogP) is 2.38. The fraction of sp³-hybridized carbons (Fsp3) is 0.850. The lowest BCUT2D eigenvalue weighted by Crippen LogP contribution is -2.51. The number of carbonyl (C=O) groups excluding carboxylic acids is 3. The zero-order chi connectivity index (χ0) is 20.7. The van der Waals surface area contributed by atoms with Crippen LogP contribution in [0.1, 0.15) is 66.2 Å². The van der Waals surface area contributed by atoms with E-state index in [1.54, 1.807) is 0 Å². The molecular formula is C20H36N4O4. The molecule has 1 saturated carbocycles. The van der Waals surface area contributed by atoms with Crippen molar-refractivity contribution >= 4 is 18.0 Å². The number of amides is 4. The maximum absolute atomic E-state index is 12.2. The van der Waals surface area contributed by atoms with Crippen LogP contribution in [0.2, 0.25) is 0 Å². The van der Waals surface area contributed by atoms with Crippen LogP contribution in [0, 0.1) is 5.92 Å². The quantitative estimate of drug-likeness (QED) is 0.677. The lowest BCUT2D eigenvalue weighted by molar-refractivity contribution is -0.121. The lowest BCUT2D eigenvalue weighted by atomic mass is 9.86. The van der Waals surface area contributed by atoms with E-state index in [9.17, 15) is 14.4 Å². The smallest absolute Gasteiger partial charge is 0.407 e. The molecule has 2 atom stereocenters. The highest BCUT2D eigenvalue weighted by molar-refractivity contribution is 5.95. The van der Waals surface area contributed by atoms with Gasteiger partial charge in [0.2, 0.25) is 5.91 Å². The van der Waals surface area contributed by atoms with E-state index >= 15 is 0 Å². The second-order valence-electron chi connectivity index (χ2n) is 9.09. The minimum Gasteiger partial charge on any atom is -0.444 e. The Morgan fingerprint density at radius 2 is 1.64 bits per heavy atom. The van der Waals surface area contributed by atoms with Crippen LogP contribution in [0.3, 0.4) is 0 Å². The summed E-state index contributed by atoms with van der Waals surface area (Å²) in [6, 6.07) is -0.202. The second-order valence-corrected chi connectivity index (χ2v) is 9.09. The van der Waals surface area contributed by atoms with Gasteiger partial charge >= 0.3 is 12.1 Å². The molecule has 8 heteroatoms. The number of nitrogens with zero attached hydrogens (tertiary/aromatic N) is 1. The molecule has 3 N–H and O–H groups in total. The number of carbonyl (C=O) groups is 3. The number of urea groups is 1. The van der Waals surface area contributed by atoms with Gasteiger partial charge in [-0.3, -0.25) is 15.0 Å². The molecule has 0 spiro atoms. The molecule has 0 aromatic heterocycles. The number of hydrogen-bond donors (Lipinski definition) is 3. The summed E-state index contributed by atoms with van der Waals surface area (Å²) < 4.78 is 5.27. The first-order valence-electron chi connectivity index (χ1n) is 10.4. The molecule has 2 rings (SSSR count). The first-order chi connectivity index (χ1) is 13.1. The molecule has 0 aromatic carbocycles. The number of rotatable bonds is 4. The van der Waals surface area contributed by atoms with Gasteiger partial charge in [0.15, 0.2) is 0 Å². The Hall–Kier alpha value is -1.83. The number of likely N-dealkylation sites (tertiary alicyclic amines) is 1. The summed E-state index contributed by atoms with van der Waals surface area (Å²) in [6.45, 7) is 9.20. The number of ether oxygens (including phenoxy) is 1. The van der Waals surface area contributed by atoms with Gasteiger partial charge in [-0.2, -0.15) is 0 Å². The van der Waals surface area contributed by atoms with Crippen LogP contribution in [0.15, 0.2) is 0 Å². The SMILES string of the molecule is CC1CCCCC1NC(=O)NC(=O)CN1CCC(NC(=O)OC(C)(C)C)CC1. The van der Waals surface area contributed by atoms with Gasteiger partial charge in [0.1, 0.15) is 5.60 Å². The zero-order valence-corrected chi connectivity index (χ0v) is 17.7. The van der Waals surface area contributed by atoms with Crippen LogP contribution in [0.5, 0.6) is 0 Å². The Morgan fingerprint density at radius 1 is 1.00 bits per heavy atom. The number of nitrogens with one attached hydrogen (secondary N) is 3. The number of alkyl carbamates (subject to hydrolysis) is 1. The van der Waals surface area contributed by atoms with Gasteiger partial charge in [-0.15, -0.1) is 0 Å². The molecule has 2 aliphatic rings. The molecule has 2 fully saturated rings. The molecule has 1 aliphatic carbocycles. The summed E-state index contributed by atoms with van der Waals surface area (Å²) >= 11 is 0. The number of imide groups is 1. The molecule has 0 radical (unpaired) electrons. The van der Waals surface area contributed by atoms with Crippen molar-refractivity contribution in [2.75, 3.05) is 19.6 Å². The molecule has 1 aliphatic heterocycles. The molecule has 1 heterocycles. The average molecular weight is 397 g/mol. The molecule has 28 heavy (non-hydrogen) atoms. The van der Waals surface area contributed by atoms with Gasteiger partial charge < -0.3 is 15.4 Å². The molecule has 1 saturated heterocycles. The van der Waals surface area contributed by atoms with Crippen LogP contribution in [-0.4, -0.2) is 60.3 Å². The third-order valence-electron chi connectivity index (χ3n) is 5.36. The van der Waals surface area contributed by atoms with E-state index in [1.165, 1.54) is 6.42 Å². The Kier molecular flexibility index (Phi) is 8.10. The highest BCUT2D eigenvalue weighted by Gasteiger charge is 2.26. The molecule has 160 valence electrons. The Morgan fingerprint density at radius 3 is 2.25 bits per heavy atom. The summed E-state index contributed by atoms with van der Waals surface area (Å²) in [5.74, 6) is 0.158. The molecule has 8 nitrogen and oxygen atoms in total. The maximum Gasteiger partial charge on any atom is 0.407 e. The first kappa shape index (κ1) is 22.5. The molecule has 4 amide bonds. The Balaban J connectivity index is 1.64. The van der Waals surface area contributed by atoms with E-state index in [1.807, 2.05) is 25.7 Å². The van der Waals surface area contributed by atoms with Crippen molar-refractivity contribution in [3.8, 4) is 0 Å². The molecule has 2 unspecified atom stereocenters. The topological polar surface area (TPSA) is 99.8 Å². The van der Waals surface area contributed by atoms with Crippen LogP contribution >= 0.6 is 0 Å². The van der Waals surface area contributed by atoms with Gasteiger partial charge in [-0.25, -0.2) is 9.59 Å². The fourth-order valence-corrected chi connectivity index (χ4v) is 3.81. The highest BCUT2D eigenvalue weighted by Crippen LogP contribution is 2.23. The van der Waals surface area contributed by atoms with Crippen LogP contribution in [0.25, 0.3) is 0 Å². The second kappa shape index (κ2) is 10.1. The normalized spacial score (nSPS) is 24.3. The summed E-state index contributed by atoms with van der Waals surface area (Å²) in [7, 11) is 0. The van der Waals surface area contributed by atoms with Crippen molar-refractivity contribution in [1.29, 1.82) is 0 Å². The average Bonchev–Trinajstić information content (AvgIpc) is 2.57. The van der Waals surface area contributed by atoms with Crippen molar-refractivity contribution in [3.05, 3.63) is 0 Å². The maximum atomic E-state index is 12.2. The Labute approximate surface area is 168 Å². The van der Waals surface area contributed by atoms with Crippen molar-refractivity contribution < 1.29 is 19.1 Å². The van der Waals surface area contributed by atoms with E-state index in [0.717, 1.165) is 32.1 Å². The molecular weight excluding hydrogens is 360 g/mol. The van der Waals surface area contributed by atoms with Gasteiger partial charge in [0, 0.05) is 25.2 Å². The molecule has 0 aromatic rings. The number of hydrogen-bond acceptors (Lipinski definition) is 5. The zero-order valence-electron chi connectivity index (χ0n) is 17.7. The van der Waals surface area contributed by atoms with E-state index < -0.39 is 17.7 Å². The third kappa shape index (κ3) is 8.04. The summed E-state index contributed by atoms with van der Waals surface area (Å²) in [5, 5.41) is 8.26. The third-order valence-corrected chi connectivity index (χ3v) is 5.36. The van der Waals surface area contributed by atoms with Gasteiger partial charge in [0.25, 0.3) is 0 Å². The van der Waals surface area contributed by atoms with Crippen LogP contribution in [-0.2, 0) is 9.53 Å². The first-order valence-corrected chi connectivity index (χ1v) is 10.4. The van der Waals surface area contributed by atoms with Crippen LogP contribution < -0.4 is 16.0 Å². The van der Waals surface area contributed by atoms with Crippen molar-refractivity contribution in [1.82, 2.24) is 20.9 Å². The highest BCUT2D eigenvalue weighted by atomic mass is 16.6. The monoisotopic (exact) mass is 396 g/mol. The summed E-state index contributed by atoms with van der Waals surface area (Å²) in [5.41, 5.74) is -0.515. The van der Waals surface area contributed by atoms with Crippen LogP contribution in [0.4, 0.5) is 9.59 Å². The van der Waals surface area contributed by atoms with Gasteiger partial charge in [0.05, 0.1) is 6.54 Å². The van der Waals surface area contributed by atoms with Gasteiger partial charge in [-0.05, 0) is 52.4 Å². The minimum atomic E-state index is -0.515. The van der Waals surface area contributed by atoms with E-state index in [-0.39, 0.29) is 24.5 Å². The van der Waals surface area contributed by atoms with Gasteiger partial charge in [-0.1, -0.05) is 19.8 Å². The van der Waals surface area contributed by atoms with Crippen molar-refractivity contribution in [3.63, 3.8) is 0 Å². The summed E-state index contributed by atoms with van der Waals surface area (Å²) in [4.78, 5) is 38.1. The molecule has 0 bridgehead atoms. The largest absolute Gasteiger partial charge is 0.444 e. The number of piperidine rings is 1. The van der Waals surface area contributed by atoms with E-state index in [4.69, 9.17) is 4.74 Å². The summed E-state index contributed by atoms with van der Waals surface area (Å²) in [6.07, 6.45) is 5.51. The standard InChI is InChI=1S/C20H36N4O4/c1-14-7-5-6-8-16(14)22-18(26)23-17(25)13-24-11-9-15(10-12-24)21-19(27)28-20(2,3)4/h14-16H,5-13H2,1-4H3,(H,21,27)(H2,22,23,25,26). The van der Waals surface area contributed by atoms with Crippen molar-refractivity contribution in [2.45, 2.75) is 83.9 Å². The van der Waals surface area contributed by atoms with E-state index in [0.29, 0.717) is 19.0 Å². The minimum absolute atomic E-state index is 0.0465. The van der Waals surface area contributed by atoms with Crippen molar-refractivity contribution in [2.24, 2.45) is 5.92 Å². The van der Waals surface area contributed by atoms with E-state index in [2.05, 4.69) is 22.9 Å². The fourth-order valence-electron chi connectivity index (χ4n) is 3.81.